The standard InChI is InChI=1S/C15H20Cl3NO2/c1-11(9-15(20)21)8-12-10-13(2-3-14(12)18)19(6-4-16)7-5-17/h2-3,10-11H,4-9H2,1H3,(H,20,21)/t11-/m0/s1. The van der Waals surface area contributed by atoms with Crippen LogP contribution in [0.4, 0.5) is 5.69 Å². The van der Waals surface area contributed by atoms with Crippen molar-refractivity contribution in [3.8, 4) is 0 Å². The Morgan fingerprint density at radius 2 is 1.90 bits per heavy atom. The highest BCUT2D eigenvalue weighted by Crippen LogP contribution is 2.26. The molecule has 0 aliphatic heterocycles. The predicted octanol–water partition coefficient (Wildman–Crippen LogP) is 4.28. The van der Waals surface area contributed by atoms with E-state index >= 15 is 0 Å². The first kappa shape index (κ1) is 18.4. The van der Waals surface area contributed by atoms with Crippen molar-refractivity contribution in [2.75, 3.05) is 29.7 Å². The summed E-state index contributed by atoms with van der Waals surface area (Å²) in [5, 5.41) is 9.50. The van der Waals surface area contributed by atoms with Crippen LogP contribution in [-0.2, 0) is 11.2 Å². The molecular formula is C15H20Cl3NO2. The number of hydrogen-bond donors (Lipinski definition) is 1. The zero-order valence-electron chi connectivity index (χ0n) is 12.0. The molecule has 0 unspecified atom stereocenters. The summed E-state index contributed by atoms with van der Waals surface area (Å²) < 4.78 is 0. The third kappa shape index (κ3) is 6.33. The summed E-state index contributed by atoms with van der Waals surface area (Å²) in [4.78, 5) is 12.9. The van der Waals surface area contributed by atoms with Crippen molar-refractivity contribution < 1.29 is 9.90 Å². The second-order valence-corrected chi connectivity index (χ2v) is 6.21. The Morgan fingerprint density at radius 1 is 1.29 bits per heavy atom. The van der Waals surface area contributed by atoms with Gasteiger partial charge in [0.05, 0.1) is 0 Å². The van der Waals surface area contributed by atoms with E-state index in [0.29, 0.717) is 36.3 Å². The number of nitrogens with zero attached hydrogens (tertiary/aromatic N) is 1. The average Bonchev–Trinajstić information content (AvgIpc) is 2.40. The fraction of sp³-hybridized carbons (Fsp3) is 0.533. The van der Waals surface area contributed by atoms with Crippen LogP contribution in [0.5, 0.6) is 0 Å². The van der Waals surface area contributed by atoms with Crippen LogP contribution in [0.25, 0.3) is 0 Å². The van der Waals surface area contributed by atoms with E-state index in [2.05, 4.69) is 4.90 Å². The Balaban J connectivity index is 2.89. The van der Waals surface area contributed by atoms with Crippen LogP contribution < -0.4 is 4.90 Å². The number of carboxylic acids is 1. The van der Waals surface area contributed by atoms with Crippen LogP contribution in [-0.4, -0.2) is 35.9 Å². The van der Waals surface area contributed by atoms with Gasteiger partial charge in [-0.1, -0.05) is 18.5 Å². The zero-order valence-corrected chi connectivity index (χ0v) is 14.3. The summed E-state index contributed by atoms with van der Waals surface area (Å²) in [5.41, 5.74) is 1.97. The third-order valence-corrected chi connectivity index (χ3v) is 3.90. The van der Waals surface area contributed by atoms with Gasteiger partial charge in [0, 0.05) is 42.0 Å². The van der Waals surface area contributed by atoms with E-state index in [1.807, 2.05) is 25.1 Å². The molecule has 1 rings (SSSR count). The minimum atomic E-state index is -0.791. The van der Waals surface area contributed by atoms with Gasteiger partial charge in [-0.15, -0.1) is 23.2 Å². The zero-order chi connectivity index (χ0) is 15.8. The maximum absolute atomic E-state index is 10.8. The summed E-state index contributed by atoms with van der Waals surface area (Å²) in [6, 6.07) is 5.78. The number of carboxylic acid groups (broad SMARTS) is 1. The molecule has 3 nitrogen and oxygen atoms in total. The lowest BCUT2D eigenvalue weighted by molar-refractivity contribution is -0.137. The van der Waals surface area contributed by atoms with Gasteiger partial charge in [-0.3, -0.25) is 4.79 Å². The Morgan fingerprint density at radius 3 is 2.43 bits per heavy atom. The Kier molecular flexibility index (Phi) is 8.23. The quantitative estimate of drug-likeness (QED) is 0.674. The number of halogens is 3. The van der Waals surface area contributed by atoms with Crippen molar-refractivity contribution in [2.45, 2.75) is 19.8 Å². The maximum Gasteiger partial charge on any atom is 0.303 e. The minimum absolute atomic E-state index is 0.0322. The van der Waals surface area contributed by atoms with Crippen LogP contribution in [0, 0.1) is 5.92 Å². The summed E-state index contributed by atoms with van der Waals surface area (Å²) in [5.74, 6) is 0.277. The van der Waals surface area contributed by atoms with Crippen molar-refractivity contribution >= 4 is 46.5 Å². The fourth-order valence-electron chi connectivity index (χ4n) is 2.23. The molecule has 0 bridgehead atoms. The number of aliphatic carboxylic acids is 1. The molecule has 0 aromatic heterocycles. The first-order chi connectivity index (χ1) is 9.97. The molecule has 21 heavy (non-hydrogen) atoms. The van der Waals surface area contributed by atoms with Crippen molar-refractivity contribution in [1.29, 1.82) is 0 Å². The summed E-state index contributed by atoms with van der Waals surface area (Å²) in [6.07, 6.45) is 0.766. The van der Waals surface area contributed by atoms with E-state index in [9.17, 15) is 4.79 Å². The van der Waals surface area contributed by atoms with E-state index in [0.717, 1.165) is 11.3 Å². The van der Waals surface area contributed by atoms with Crippen molar-refractivity contribution in [3.63, 3.8) is 0 Å². The van der Waals surface area contributed by atoms with Crippen LogP contribution in [0.1, 0.15) is 18.9 Å². The first-order valence-electron chi connectivity index (χ1n) is 6.85. The number of carbonyl (C=O) groups is 1. The van der Waals surface area contributed by atoms with Crippen molar-refractivity contribution in [1.82, 2.24) is 0 Å². The van der Waals surface area contributed by atoms with Crippen LogP contribution in [0.2, 0.25) is 5.02 Å². The Bertz CT molecular complexity index is 462. The highest BCUT2D eigenvalue weighted by Gasteiger charge is 2.13. The fourth-order valence-corrected chi connectivity index (χ4v) is 2.84. The molecule has 0 saturated heterocycles. The molecule has 1 aromatic carbocycles. The molecule has 1 aromatic rings. The van der Waals surface area contributed by atoms with Crippen molar-refractivity contribution in [2.24, 2.45) is 5.92 Å². The monoisotopic (exact) mass is 351 g/mol. The van der Waals surface area contributed by atoms with Crippen LogP contribution in [0.3, 0.4) is 0 Å². The molecule has 6 heteroatoms. The van der Waals surface area contributed by atoms with Gasteiger partial charge in [0.2, 0.25) is 0 Å². The highest BCUT2D eigenvalue weighted by molar-refractivity contribution is 6.31. The molecule has 0 amide bonds. The lowest BCUT2D eigenvalue weighted by Gasteiger charge is -2.24. The lowest BCUT2D eigenvalue weighted by atomic mass is 9.97. The third-order valence-electron chi connectivity index (χ3n) is 3.19. The molecular weight excluding hydrogens is 333 g/mol. The number of anilines is 1. The second-order valence-electron chi connectivity index (χ2n) is 5.05. The molecule has 0 fully saturated rings. The molecule has 0 heterocycles. The van der Waals surface area contributed by atoms with E-state index in [-0.39, 0.29) is 12.3 Å². The van der Waals surface area contributed by atoms with Gasteiger partial charge in [-0.25, -0.2) is 0 Å². The SMILES string of the molecule is C[C@H](CC(=O)O)Cc1cc(N(CCCl)CCCl)ccc1Cl. The minimum Gasteiger partial charge on any atom is -0.481 e. The smallest absolute Gasteiger partial charge is 0.303 e. The molecule has 0 radical (unpaired) electrons. The second kappa shape index (κ2) is 9.39. The Hall–Kier alpha value is -0.640. The molecule has 1 N–H and O–H groups in total. The highest BCUT2D eigenvalue weighted by atomic mass is 35.5. The van der Waals surface area contributed by atoms with Crippen LogP contribution >= 0.6 is 34.8 Å². The van der Waals surface area contributed by atoms with E-state index in [1.54, 1.807) is 0 Å². The molecule has 0 saturated carbocycles. The molecule has 0 aliphatic carbocycles. The topological polar surface area (TPSA) is 40.5 Å². The van der Waals surface area contributed by atoms with E-state index in [1.165, 1.54) is 0 Å². The van der Waals surface area contributed by atoms with Gasteiger partial charge in [0.25, 0.3) is 0 Å². The molecule has 0 spiro atoms. The van der Waals surface area contributed by atoms with Gasteiger partial charge in [0.15, 0.2) is 0 Å². The summed E-state index contributed by atoms with van der Waals surface area (Å²) in [7, 11) is 0. The lowest BCUT2D eigenvalue weighted by Crippen LogP contribution is -2.27. The summed E-state index contributed by atoms with van der Waals surface area (Å²) >= 11 is 17.9. The number of rotatable bonds is 9. The van der Waals surface area contributed by atoms with Crippen molar-refractivity contribution in [3.05, 3.63) is 28.8 Å². The average molecular weight is 353 g/mol. The van der Waals surface area contributed by atoms with Gasteiger partial charge in [-0.05, 0) is 36.1 Å². The van der Waals surface area contributed by atoms with Gasteiger partial charge < -0.3 is 10.0 Å². The maximum atomic E-state index is 10.8. The van der Waals surface area contributed by atoms with E-state index in [4.69, 9.17) is 39.9 Å². The normalized spacial score (nSPS) is 12.2. The molecule has 0 aliphatic rings. The number of benzene rings is 1. The van der Waals surface area contributed by atoms with Gasteiger partial charge >= 0.3 is 5.97 Å². The number of alkyl halides is 2. The van der Waals surface area contributed by atoms with Crippen LogP contribution in [0.15, 0.2) is 18.2 Å². The van der Waals surface area contributed by atoms with Gasteiger partial charge in [-0.2, -0.15) is 0 Å². The first-order valence-corrected chi connectivity index (χ1v) is 8.29. The molecule has 1 atom stereocenters. The van der Waals surface area contributed by atoms with Gasteiger partial charge in [0.1, 0.15) is 0 Å². The van der Waals surface area contributed by atoms with E-state index < -0.39 is 5.97 Å². The largest absolute Gasteiger partial charge is 0.481 e. The summed E-state index contributed by atoms with van der Waals surface area (Å²) in [6.45, 7) is 3.33. The number of hydrogen-bond acceptors (Lipinski definition) is 2. The molecule has 118 valence electrons. The Labute approximate surface area is 140 Å². The predicted molar refractivity (Wildman–Crippen MR) is 90.2 cm³/mol.